The molecular formula is C14H18N2O2. The third-order valence-electron chi connectivity index (χ3n) is 2.90. The molecule has 0 radical (unpaired) electrons. The molecular weight excluding hydrogens is 228 g/mol. The lowest BCUT2D eigenvalue weighted by atomic mass is 10.1. The van der Waals surface area contributed by atoms with Crippen molar-refractivity contribution in [2.24, 2.45) is 0 Å². The largest absolute Gasteiger partial charge is 0.361 e. The second-order valence-electron chi connectivity index (χ2n) is 4.15. The van der Waals surface area contributed by atoms with E-state index in [2.05, 4.69) is 11.1 Å². The Morgan fingerprint density at radius 2 is 2.17 bits per heavy atom. The molecule has 1 amide bonds. The van der Waals surface area contributed by atoms with Crippen molar-refractivity contribution in [3.05, 3.63) is 36.0 Å². The van der Waals surface area contributed by atoms with Crippen molar-refractivity contribution in [1.29, 1.82) is 0 Å². The van der Waals surface area contributed by atoms with Crippen LogP contribution in [0.3, 0.4) is 0 Å². The van der Waals surface area contributed by atoms with Gasteiger partial charge in [0.2, 0.25) is 5.91 Å². The van der Waals surface area contributed by atoms with Gasteiger partial charge in [-0.15, -0.1) is 0 Å². The van der Waals surface area contributed by atoms with Gasteiger partial charge in [0.1, 0.15) is 0 Å². The van der Waals surface area contributed by atoms with Gasteiger partial charge in [0, 0.05) is 24.0 Å². The number of hydrogen-bond acceptors (Lipinski definition) is 2. The summed E-state index contributed by atoms with van der Waals surface area (Å²) in [5, 5.41) is 2.62. The Bertz CT molecular complexity index is 533. The highest BCUT2D eigenvalue weighted by Gasteiger charge is 2.10. The molecule has 0 unspecified atom stereocenters. The molecule has 96 valence electrons. The molecule has 4 heteroatoms. The van der Waals surface area contributed by atoms with E-state index < -0.39 is 0 Å². The number of aromatic nitrogens is 1. The van der Waals surface area contributed by atoms with Crippen LogP contribution in [0, 0.1) is 0 Å². The van der Waals surface area contributed by atoms with Crippen molar-refractivity contribution in [1.82, 2.24) is 10.0 Å². The summed E-state index contributed by atoms with van der Waals surface area (Å²) in [5.74, 6) is -0.0586. The summed E-state index contributed by atoms with van der Waals surface area (Å²) in [5.41, 5.74) is 2.33. The number of rotatable bonds is 5. The molecule has 0 bridgehead atoms. The van der Waals surface area contributed by atoms with Crippen LogP contribution in [-0.4, -0.2) is 29.1 Å². The molecule has 0 spiro atoms. The van der Waals surface area contributed by atoms with E-state index in [9.17, 15) is 4.79 Å². The van der Waals surface area contributed by atoms with E-state index in [1.165, 1.54) is 22.9 Å². The fraction of sp³-hybridized carbons (Fsp3) is 0.357. The second kappa shape index (κ2) is 5.69. The third-order valence-corrected chi connectivity index (χ3v) is 2.90. The molecule has 0 saturated carbocycles. The molecule has 4 nitrogen and oxygen atoms in total. The molecule has 1 heterocycles. The van der Waals surface area contributed by atoms with Gasteiger partial charge >= 0.3 is 0 Å². The maximum atomic E-state index is 11.4. The minimum atomic E-state index is -0.0586. The Hall–Kier alpha value is -1.81. The fourth-order valence-corrected chi connectivity index (χ4v) is 2.03. The van der Waals surface area contributed by atoms with Gasteiger partial charge in [0.15, 0.2) is 0 Å². The van der Waals surface area contributed by atoms with Crippen molar-refractivity contribution in [3.8, 4) is 0 Å². The summed E-state index contributed by atoms with van der Waals surface area (Å²) in [7, 11) is 0. The molecule has 1 aromatic heterocycles. The normalized spacial score (nSPS) is 10.8. The van der Waals surface area contributed by atoms with E-state index in [-0.39, 0.29) is 5.91 Å². The first kappa shape index (κ1) is 12.6. The summed E-state index contributed by atoms with van der Waals surface area (Å²) in [6.45, 7) is 4.48. The summed E-state index contributed by atoms with van der Waals surface area (Å²) < 4.78 is 0. The van der Waals surface area contributed by atoms with Crippen LogP contribution in [0.25, 0.3) is 10.9 Å². The van der Waals surface area contributed by atoms with Crippen LogP contribution < -0.4 is 0 Å². The summed E-state index contributed by atoms with van der Waals surface area (Å²) in [6.07, 6.45) is 2.78. The predicted octanol–water partition coefficient (Wildman–Crippen LogP) is 2.51. The number of benzene rings is 1. The van der Waals surface area contributed by atoms with Crippen molar-refractivity contribution < 1.29 is 9.63 Å². The van der Waals surface area contributed by atoms with Crippen LogP contribution >= 0.6 is 0 Å². The van der Waals surface area contributed by atoms with Gasteiger partial charge in [0.05, 0.1) is 13.2 Å². The molecule has 0 aliphatic heterocycles. The Morgan fingerprint density at radius 3 is 2.89 bits per heavy atom. The number of para-hydroxylation sites is 1. The van der Waals surface area contributed by atoms with E-state index >= 15 is 0 Å². The standard InChI is InChI=1S/C14H18N2O2/c1-3-18-16(11(2)17)9-8-12-10-15-14-7-5-4-6-13(12)14/h4-7,10,15H,3,8-9H2,1-2H3. The molecule has 18 heavy (non-hydrogen) atoms. The molecule has 0 saturated heterocycles. The predicted molar refractivity (Wildman–Crippen MR) is 71.0 cm³/mol. The third kappa shape index (κ3) is 2.71. The van der Waals surface area contributed by atoms with E-state index in [0.29, 0.717) is 13.2 Å². The number of nitrogens with zero attached hydrogens (tertiary/aromatic N) is 1. The van der Waals surface area contributed by atoms with Gasteiger partial charge in [0.25, 0.3) is 0 Å². The number of amides is 1. The highest BCUT2D eigenvalue weighted by molar-refractivity contribution is 5.83. The van der Waals surface area contributed by atoms with E-state index in [1.807, 2.05) is 31.3 Å². The topological polar surface area (TPSA) is 45.3 Å². The van der Waals surface area contributed by atoms with Crippen LogP contribution in [0.2, 0.25) is 0 Å². The van der Waals surface area contributed by atoms with Gasteiger partial charge in [-0.05, 0) is 25.0 Å². The van der Waals surface area contributed by atoms with Crippen LogP contribution in [0.15, 0.2) is 30.5 Å². The molecule has 0 fully saturated rings. The monoisotopic (exact) mass is 246 g/mol. The number of hydrogen-bond donors (Lipinski definition) is 1. The van der Waals surface area contributed by atoms with Gasteiger partial charge in [-0.3, -0.25) is 9.63 Å². The molecule has 1 N–H and O–H groups in total. The van der Waals surface area contributed by atoms with Crippen LogP contribution in [0.4, 0.5) is 0 Å². The molecule has 1 aromatic carbocycles. The van der Waals surface area contributed by atoms with Crippen LogP contribution in [0.5, 0.6) is 0 Å². The molecule has 2 aromatic rings. The summed E-state index contributed by atoms with van der Waals surface area (Å²) in [4.78, 5) is 19.9. The number of aromatic amines is 1. The lowest BCUT2D eigenvalue weighted by Gasteiger charge is -2.18. The Morgan fingerprint density at radius 1 is 1.39 bits per heavy atom. The van der Waals surface area contributed by atoms with E-state index in [1.54, 1.807) is 0 Å². The SMILES string of the molecule is CCON(CCc1c[nH]c2ccccc12)C(C)=O. The molecule has 0 atom stereocenters. The number of carbonyl (C=O) groups excluding carboxylic acids is 1. The number of nitrogens with one attached hydrogen (secondary N) is 1. The van der Waals surface area contributed by atoms with Gasteiger partial charge in [-0.25, -0.2) is 5.06 Å². The minimum Gasteiger partial charge on any atom is -0.361 e. The Labute approximate surface area is 107 Å². The van der Waals surface area contributed by atoms with E-state index in [0.717, 1.165) is 11.9 Å². The highest BCUT2D eigenvalue weighted by Crippen LogP contribution is 2.18. The van der Waals surface area contributed by atoms with E-state index in [4.69, 9.17) is 4.84 Å². The van der Waals surface area contributed by atoms with Gasteiger partial charge in [-0.1, -0.05) is 18.2 Å². The average Bonchev–Trinajstić information content (AvgIpc) is 2.77. The second-order valence-corrected chi connectivity index (χ2v) is 4.15. The van der Waals surface area contributed by atoms with Gasteiger partial charge < -0.3 is 4.98 Å². The lowest BCUT2D eigenvalue weighted by Crippen LogP contribution is -2.30. The first-order chi connectivity index (χ1) is 8.72. The Balaban J connectivity index is 2.07. The first-order valence-corrected chi connectivity index (χ1v) is 6.18. The van der Waals surface area contributed by atoms with Crippen molar-refractivity contribution in [3.63, 3.8) is 0 Å². The highest BCUT2D eigenvalue weighted by atomic mass is 16.7. The van der Waals surface area contributed by atoms with Gasteiger partial charge in [-0.2, -0.15) is 0 Å². The number of carbonyl (C=O) groups is 1. The van der Waals surface area contributed by atoms with Crippen molar-refractivity contribution in [2.45, 2.75) is 20.3 Å². The molecule has 0 aliphatic carbocycles. The zero-order valence-corrected chi connectivity index (χ0v) is 10.8. The maximum Gasteiger partial charge on any atom is 0.243 e. The zero-order chi connectivity index (χ0) is 13.0. The average molecular weight is 246 g/mol. The van der Waals surface area contributed by atoms with Crippen molar-refractivity contribution in [2.75, 3.05) is 13.2 Å². The fourth-order valence-electron chi connectivity index (χ4n) is 2.03. The zero-order valence-electron chi connectivity index (χ0n) is 10.8. The summed E-state index contributed by atoms with van der Waals surface area (Å²) >= 11 is 0. The quantitative estimate of drug-likeness (QED) is 0.824. The van der Waals surface area contributed by atoms with Crippen LogP contribution in [0.1, 0.15) is 19.4 Å². The molecule has 0 aliphatic rings. The number of hydroxylamine groups is 2. The number of H-pyrrole nitrogens is 1. The maximum absolute atomic E-state index is 11.4. The first-order valence-electron chi connectivity index (χ1n) is 6.18. The summed E-state index contributed by atoms with van der Waals surface area (Å²) in [6, 6.07) is 8.15. The molecule has 2 rings (SSSR count). The smallest absolute Gasteiger partial charge is 0.243 e. The lowest BCUT2D eigenvalue weighted by molar-refractivity contribution is -0.182. The number of fused-ring (bicyclic) bond motifs is 1. The van der Waals surface area contributed by atoms with Crippen LogP contribution in [-0.2, 0) is 16.1 Å². The Kier molecular flexibility index (Phi) is 3.99. The minimum absolute atomic E-state index is 0.0586. The van der Waals surface area contributed by atoms with Crippen molar-refractivity contribution >= 4 is 16.8 Å².